The largest absolute Gasteiger partial charge is 0.497 e. The first-order chi connectivity index (χ1) is 12.1. The van der Waals surface area contributed by atoms with Crippen LogP contribution in [0.3, 0.4) is 0 Å². The Hall–Kier alpha value is -2.76. The Balaban J connectivity index is 1.99. The van der Waals surface area contributed by atoms with Crippen LogP contribution < -0.4 is 4.74 Å². The van der Waals surface area contributed by atoms with Gasteiger partial charge in [0.15, 0.2) is 5.76 Å². The van der Waals surface area contributed by atoms with Gasteiger partial charge < -0.3 is 18.8 Å². The van der Waals surface area contributed by atoms with Crippen LogP contribution >= 0.6 is 0 Å². The topological polar surface area (TPSA) is 69.0 Å². The molecule has 0 N–H and O–H groups in total. The second-order valence-corrected chi connectivity index (χ2v) is 5.42. The van der Waals surface area contributed by atoms with E-state index in [0.717, 1.165) is 11.3 Å². The maximum Gasteiger partial charge on any atom is 0.307 e. The highest BCUT2D eigenvalue weighted by molar-refractivity contribution is 5.91. The van der Waals surface area contributed by atoms with E-state index in [1.165, 1.54) is 6.26 Å². The minimum absolute atomic E-state index is 0.156. The van der Waals surface area contributed by atoms with Crippen molar-refractivity contribution >= 4 is 11.9 Å². The van der Waals surface area contributed by atoms with Gasteiger partial charge in [0.25, 0.3) is 5.91 Å². The van der Waals surface area contributed by atoms with Crippen LogP contribution in [-0.2, 0) is 16.0 Å². The van der Waals surface area contributed by atoms with Crippen LogP contribution in [0.2, 0.25) is 0 Å². The lowest BCUT2D eigenvalue weighted by atomic mass is 10.1. The maximum atomic E-state index is 12.6. The molecule has 6 nitrogen and oxygen atoms in total. The summed E-state index contributed by atoms with van der Waals surface area (Å²) < 4.78 is 15.3. The van der Waals surface area contributed by atoms with Gasteiger partial charge in [-0.3, -0.25) is 9.59 Å². The average Bonchev–Trinajstić information content (AvgIpc) is 3.16. The Morgan fingerprint density at radius 3 is 2.48 bits per heavy atom. The molecular weight excluding hydrogens is 322 g/mol. The fraction of sp³-hybridized carbons (Fsp3) is 0.368. The van der Waals surface area contributed by atoms with Gasteiger partial charge in [-0.1, -0.05) is 12.1 Å². The van der Waals surface area contributed by atoms with Gasteiger partial charge in [-0.2, -0.15) is 0 Å². The molecule has 1 heterocycles. The Labute approximate surface area is 147 Å². The summed E-state index contributed by atoms with van der Waals surface area (Å²) in [6.45, 7) is 2.85. The van der Waals surface area contributed by atoms with Crippen LogP contribution in [0.15, 0.2) is 47.1 Å². The fourth-order valence-electron chi connectivity index (χ4n) is 2.39. The van der Waals surface area contributed by atoms with Gasteiger partial charge in [0.2, 0.25) is 0 Å². The molecule has 0 saturated carbocycles. The summed E-state index contributed by atoms with van der Waals surface area (Å²) in [6.07, 6.45) is 2.28. The molecule has 6 heteroatoms. The van der Waals surface area contributed by atoms with Crippen molar-refractivity contribution in [3.05, 3.63) is 54.0 Å². The molecule has 0 unspecified atom stereocenters. The van der Waals surface area contributed by atoms with Crippen molar-refractivity contribution in [1.82, 2.24) is 4.90 Å². The van der Waals surface area contributed by atoms with E-state index in [2.05, 4.69) is 0 Å². The molecule has 0 aliphatic rings. The van der Waals surface area contributed by atoms with E-state index < -0.39 is 0 Å². The van der Waals surface area contributed by atoms with E-state index in [0.29, 0.717) is 19.6 Å². The van der Waals surface area contributed by atoms with E-state index in [1.54, 1.807) is 31.1 Å². The molecular formula is C19H23NO5. The minimum Gasteiger partial charge on any atom is -0.497 e. The number of hydrogen-bond acceptors (Lipinski definition) is 5. The van der Waals surface area contributed by atoms with Crippen molar-refractivity contribution in [1.29, 1.82) is 0 Å². The number of benzene rings is 1. The molecule has 0 saturated heterocycles. The molecule has 1 amide bonds. The van der Waals surface area contributed by atoms with Gasteiger partial charge in [0, 0.05) is 13.1 Å². The number of carbonyl (C=O) groups excluding carboxylic acids is 2. The van der Waals surface area contributed by atoms with Crippen molar-refractivity contribution < 1.29 is 23.5 Å². The molecule has 0 radical (unpaired) electrons. The van der Waals surface area contributed by atoms with Gasteiger partial charge >= 0.3 is 5.97 Å². The number of carbonyl (C=O) groups is 2. The SMILES string of the molecule is CCOC(=O)CCN(CCc1ccc(OC)cc1)C(=O)c1ccco1. The quantitative estimate of drug-likeness (QED) is 0.654. The first-order valence-corrected chi connectivity index (χ1v) is 8.25. The molecule has 1 aromatic carbocycles. The number of ether oxygens (including phenoxy) is 2. The van der Waals surface area contributed by atoms with E-state index in [1.807, 2.05) is 24.3 Å². The normalized spacial score (nSPS) is 10.3. The van der Waals surface area contributed by atoms with Gasteiger partial charge in [-0.25, -0.2) is 0 Å². The number of hydrogen-bond donors (Lipinski definition) is 0. The molecule has 25 heavy (non-hydrogen) atoms. The lowest BCUT2D eigenvalue weighted by Crippen LogP contribution is -2.34. The maximum absolute atomic E-state index is 12.6. The molecule has 0 spiro atoms. The van der Waals surface area contributed by atoms with Gasteiger partial charge in [-0.15, -0.1) is 0 Å². The van der Waals surface area contributed by atoms with Crippen molar-refractivity contribution in [2.45, 2.75) is 19.8 Å². The third kappa shape index (κ3) is 5.67. The Kier molecular flexibility index (Phi) is 7.07. The predicted octanol–water partition coefficient (Wildman–Crippen LogP) is 2.93. The Bertz CT molecular complexity index is 664. The fourth-order valence-corrected chi connectivity index (χ4v) is 2.39. The van der Waals surface area contributed by atoms with Crippen LogP contribution in [0.1, 0.15) is 29.5 Å². The number of rotatable bonds is 9. The Morgan fingerprint density at radius 2 is 1.88 bits per heavy atom. The predicted molar refractivity (Wildman–Crippen MR) is 92.6 cm³/mol. The van der Waals surface area contributed by atoms with E-state index in [-0.39, 0.29) is 30.6 Å². The molecule has 2 rings (SSSR count). The summed E-state index contributed by atoms with van der Waals surface area (Å²) in [5, 5.41) is 0. The monoisotopic (exact) mass is 345 g/mol. The molecule has 0 bridgehead atoms. The standard InChI is InChI=1S/C19H23NO5/c1-3-24-18(21)11-13-20(19(22)17-5-4-14-25-17)12-10-15-6-8-16(23-2)9-7-15/h4-9,14H,3,10-13H2,1-2H3. The molecule has 0 fully saturated rings. The number of nitrogens with zero attached hydrogens (tertiary/aromatic N) is 1. The van der Waals surface area contributed by atoms with Crippen molar-refractivity contribution in [3.63, 3.8) is 0 Å². The first kappa shape index (κ1) is 18.6. The van der Waals surface area contributed by atoms with Crippen molar-refractivity contribution in [3.8, 4) is 5.75 Å². The highest BCUT2D eigenvalue weighted by Crippen LogP contribution is 2.13. The summed E-state index contributed by atoms with van der Waals surface area (Å²) in [5.41, 5.74) is 1.08. The van der Waals surface area contributed by atoms with Gasteiger partial charge in [0.05, 0.1) is 26.4 Å². The van der Waals surface area contributed by atoms with Crippen LogP contribution in [0.5, 0.6) is 5.75 Å². The van der Waals surface area contributed by atoms with Crippen molar-refractivity contribution in [2.75, 3.05) is 26.8 Å². The molecule has 0 aliphatic heterocycles. The zero-order chi connectivity index (χ0) is 18.1. The highest BCUT2D eigenvalue weighted by atomic mass is 16.5. The van der Waals surface area contributed by atoms with Crippen LogP contribution in [0, 0.1) is 0 Å². The number of esters is 1. The summed E-state index contributed by atoms with van der Waals surface area (Å²) in [7, 11) is 1.62. The number of methoxy groups -OCH3 is 1. The highest BCUT2D eigenvalue weighted by Gasteiger charge is 2.19. The smallest absolute Gasteiger partial charge is 0.307 e. The molecule has 2 aromatic rings. The third-order valence-corrected chi connectivity index (χ3v) is 3.74. The molecule has 0 atom stereocenters. The van der Waals surface area contributed by atoms with Crippen molar-refractivity contribution in [2.24, 2.45) is 0 Å². The summed E-state index contributed by atoms with van der Waals surface area (Å²) in [5.74, 6) is 0.500. The lowest BCUT2D eigenvalue weighted by molar-refractivity contribution is -0.143. The lowest BCUT2D eigenvalue weighted by Gasteiger charge is -2.21. The first-order valence-electron chi connectivity index (χ1n) is 8.25. The molecule has 134 valence electrons. The second-order valence-electron chi connectivity index (χ2n) is 5.42. The summed E-state index contributed by atoms with van der Waals surface area (Å²) >= 11 is 0. The minimum atomic E-state index is -0.316. The molecule has 1 aromatic heterocycles. The summed E-state index contributed by atoms with van der Waals surface area (Å²) in [6, 6.07) is 11.0. The van der Waals surface area contributed by atoms with E-state index in [4.69, 9.17) is 13.9 Å². The van der Waals surface area contributed by atoms with Gasteiger partial charge in [-0.05, 0) is 43.2 Å². The number of amides is 1. The zero-order valence-electron chi connectivity index (χ0n) is 14.6. The van der Waals surface area contributed by atoms with E-state index in [9.17, 15) is 9.59 Å². The molecule has 0 aliphatic carbocycles. The third-order valence-electron chi connectivity index (χ3n) is 3.74. The summed E-state index contributed by atoms with van der Waals surface area (Å²) in [4.78, 5) is 25.8. The van der Waals surface area contributed by atoms with Gasteiger partial charge in [0.1, 0.15) is 5.75 Å². The average molecular weight is 345 g/mol. The van der Waals surface area contributed by atoms with Crippen LogP contribution in [-0.4, -0.2) is 43.6 Å². The van der Waals surface area contributed by atoms with Crippen LogP contribution in [0.25, 0.3) is 0 Å². The second kappa shape index (κ2) is 9.52. The van der Waals surface area contributed by atoms with Crippen LogP contribution in [0.4, 0.5) is 0 Å². The number of furan rings is 1. The Morgan fingerprint density at radius 1 is 1.12 bits per heavy atom. The van der Waals surface area contributed by atoms with E-state index >= 15 is 0 Å². The zero-order valence-corrected chi connectivity index (χ0v) is 14.6.